The van der Waals surface area contributed by atoms with Crippen LogP contribution in [0.2, 0.25) is 0 Å². The van der Waals surface area contributed by atoms with Gasteiger partial charge in [-0.1, -0.05) is 13.8 Å². The molecule has 0 aliphatic heterocycles. The lowest BCUT2D eigenvalue weighted by atomic mass is 10.1. The topological polar surface area (TPSA) is 25.2 Å². The third-order valence-corrected chi connectivity index (χ3v) is 2.70. The minimum Gasteiger partial charge on any atom is -0.460 e. The van der Waals surface area contributed by atoms with Gasteiger partial charge in [0.2, 0.25) is 0 Å². The molecule has 0 saturated heterocycles. The molecule has 0 radical (unpaired) electrons. The van der Waals surface area contributed by atoms with Gasteiger partial charge in [0.15, 0.2) is 23.3 Å². The summed E-state index contributed by atoms with van der Waals surface area (Å²) < 4.78 is 58.7. The summed E-state index contributed by atoms with van der Waals surface area (Å²) in [6.07, 6.45) is 0. The highest BCUT2D eigenvalue weighted by molar-refractivity contribution is 5.59. The van der Waals surface area contributed by atoms with Gasteiger partial charge in [-0.2, -0.15) is 0 Å². The first kappa shape index (κ1) is 14.6. The van der Waals surface area contributed by atoms with Gasteiger partial charge in [-0.3, -0.25) is 0 Å². The lowest BCUT2D eigenvalue weighted by Crippen LogP contribution is -2.21. The number of hydrogen-bond donors (Lipinski definition) is 1. The maximum Gasteiger partial charge on any atom is 0.172 e. The van der Waals surface area contributed by atoms with Gasteiger partial charge in [-0.25, -0.2) is 17.6 Å². The normalized spacial score (nSPS) is 11.3. The summed E-state index contributed by atoms with van der Waals surface area (Å²) in [4.78, 5) is 0. The Bertz CT molecular complexity index is 596. The van der Waals surface area contributed by atoms with Crippen molar-refractivity contribution in [1.29, 1.82) is 0 Å². The van der Waals surface area contributed by atoms with Crippen LogP contribution in [0.25, 0.3) is 11.3 Å². The monoisotopic (exact) mass is 287 g/mol. The first-order valence-corrected chi connectivity index (χ1v) is 6.05. The second-order valence-electron chi connectivity index (χ2n) is 4.64. The van der Waals surface area contributed by atoms with Crippen molar-refractivity contribution in [3.05, 3.63) is 47.2 Å². The number of nitrogens with one attached hydrogen (secondary N) is 1. The van der Waals surface area contributed by atoms with Gasteiger partial charge in [0, 0.05) is 12.1 Å². The number of furan rings is 1. The van der Waals surface area contributed by atoms with Crippen molar-refractivity contribution in [1.82, 2.24) is 5.32 Å². The largest absolute Gasteiger partial charge is 0.460 e. The summed E-state index contributed by atoms with van der Waals surface area (Å²) in [6, 6.07) is 3.13. The van der Waals surface area contributed by atoms with E-state index >= 15 is 0 Å². The van der Waals surface area contributed by atoms with Crippen LogP contribution in [-0.4, -0.2) is 6.04 Å². The molecule has 108 valence electrons. The van der Waals surface area contributed by atoms with Crippen LogP contribution in [-0.2, 0) is 6.54 Å². The van der Waals surface area contributed by atoms with E-state index in [9.17, 15) is 17.6 Å². The molecule has 2 nitrogen and oxygen atoms in total. The van der Waals surface area contributed by atoms with Crippen LogP contribution in [0.4, 0.5) is 17.6 Å². The summed E-state index contributed by atoms with van der Waals surface area (Å²) in [5.74, 6) is -5.70. The van der Waals surface area contributed by atoms with E-state index < -0.39 is 28.8 Å². The van der Waals surface area contributed by atoms with E-state index in [1.807, 2.05) is 13.8 Å². The highest BCUT2D eigenvalue weighted by Crippen LogP contribution is 2.30. The molecule has 0 aliphatic rings. The van der Waals surface area contributed by atoms with Crippen LogP contribution >= 0.6 is 0 Å². The van der Waals surface area contributed by atoms with Crippen LogP contribution < -0.4 is 5.32 Å². The zero-order chi connectivity index (χ0) is 14.9. The first-order chi connectivity index (χ1) is 9.40. The molecule has 20 heavy (non-hydrogen) atoms. The summed E-state index contributed by atoms with van der Waals surface area (Å²) in [7, 11) is 0. The van der Waals surface area contributed by atoms with E-state index in [1.54, 1.807) is 0 Å². The minimum absolute atomic E-state index is 0.165. The van der Waals surface area contributed by atoms with Crippen molar-refractivity contribution in [2.24, 2.45) is 0 Å². The Kier molecular flexibility index (Phi) is 4.13. The summed E-state index contributed by atoms with van der Waals surface area (Å²) in [6.45, 7) is 4.19. The zero-order valence-electron chi connectivity index (χ0n) is 10.9. The Balaban J connectivity index is 2.37. The molecular weight excluding hydrogens is 274 g/mol. The summed E-state index contributed by atoms with van der Waals surface area (Å²) in [5.41, 5.74) is -0.835. The van der Waals surface area contributed by atoms with E-state index in [4.69, 9.17) is 4.42 Å². The number of benzene rings is 1. The quantitative estimate of drug-likeness (QED) is 0.679. The highest BCUT2D eigenvalue weighted by atomic mass is 19.2. The molecule has 1 N–H and O–H groups in total. The van der Waals surface area contributed by atoms with Gasteiger partial charge in [-0.05, 0) is 12.1 Å². The van der Waals surface area contributed by atoms with E-state index in [1.165, 1.54) is 12.1 Å². The summed E-state index contributed by atoms with van der Waals surface area (Å²) in [5, 5.41) is 3.05. The molecule has 0 saturated carbocycles. The maximum absolute atomic E-state index is 13.6. The molecule has 0 fully saturated rings. The lowest BCUT2D eigenvalue weighted by molar-refractivity contribution is 0.441. The van der Waals surface area contributed by atoms with Gasteiger partial charge in [0.1, 0.15) is 11.5 Å². The third-order valence-electron chi connectivity index (χ3n) is 2.70. The minimum atomic E-state index is -1.47. The zero-order valence-corrected chi connectivity index (χ0v) is 10.9. The van der Waals surface area contributed by atoms with Crippen LogP contribution in [0.5, 0.6) is 0 Å². The molecule has 2 aromatic rings. The van der Waals surface area contributed by atoms with Crippen molar-refractivity contribution in [2.45, 2.75) is 26.4 Å². The Hall–Kier alpha value is -1.82. The number of rotatable bonds is 4. The average Bonchev–Trinajstić information content (AvgIpc) is 2.83. The van der Waals surface area contributed by atoms with Crippen LogP contribution in [0.15, 0.2) is 22.6 Å². The van der Waals surface area contributed by atoms with E-state index in [0.717, 1.165) is 0 Å². The van der Waals surface area contributed by atoms with Gasteiger partial charge < -0.3 is 9.73 Å². The Labute approximate surface area is 113 Å². The maximum atomic E-state index is 13.6. The van der Waals surface area contributed by atoms with E-state index in [-0.39, 0.29) is 17.9 Å². The van der Waals surface area contributed by atoms with Crippen molar-refractivity contribution in [3.8, 4) is 11.3 Å². The highest BCUT2D eigenvalue weighted by Gasteiger charge is 2.22. The molecule has 1 aromatic heterocycles. The van der Waals surface area contributed by atoms with Gasteiger partial charge in [-0.15, -0.1) is 0 Å². The molecule has 0 spiro atoms. The van der Waals surface area contributed by atoms with Crippen molar-refractivity contribution in [2.75, 3.05) is 0 Å². The van der Waals surface area contributed by atoms with Crippen molar-refractivity contribution < 1.29 is 22.0 Å². The standard InChI is InChI=1S/C14H13F4NO/c1-7(2)19-6-8-3-4-11(20-8)12-13(17)9(15)5-10(16)14(12)18/h3-5,7,19H,6H2,1-2H3. The summed E-state index contributed by atoms with van der Waals surface area (Å²) >= 11 is 0. The molecule has 1 aromatic carbocycles. The van der Waals surface area contributed by atoms with E-state index in [2.05, 4.69) is 5.32 Å². The number of hydrogen-bond acceptors (Lipinski definition) is 2. The Morgan fingerprint density at radius 3 is 2.20 bits per heavy atom. The molecule has 0 amide bonds. The van der Waals surface area contributed by atoms with Crippen molar-refractivity contribution in [3.63, 3.8) is 0 Å². The smallest absolute Gasteiger partial charge is 0.172 e. The van der Waals surface area contributed by atoms with Gasteiger partial charge in [0.05, 0.1) is 12.1 Å². The molecule has 0 atom stereocenters. The molecule has 2 rings (SSSR count). The van der Waals surface area contributed by atoms with E-state index in [0.29, 0.717) is 12.3 Å². The van der Waals surface area contributed by atoms with Crippen molar-refractivity contribution >= 4 is 0 Å². The first-order valence-electron chi connectivity index (χ1n) is 6.05. The fourth-order valence-electron chi connectivity index (χ4n) is 1.70. The van der Waals surface area contributed by atoms with Crippen LogP contribution in [0.1, 0.15) is 19.6 Å². The molecular formula is C14H13F4NO. The Morgan fingerprint density at radius 2 is 1.65 bits per heavy atom. The molecule has 1 heterocycles. The van der Waals surface area contributed by atoms with Gasteiger partial charge in [0.25, 0.3) is 0 Å². The molecule has 0 unspecified atom stereocenters. The Morgan fingerprint density at radius 1 is 1.05 bits per heavy atom. The predicted molar refractivity (Wildman–Crippen MR) is 66.0 cm³/mol. The second kappa shape index (κ2) is 5.66. The fraction of sp³-hybridized carbons (Fsp3) is 0.286. The number of halogens is 4. The fourth-order valence-corrected chi connectivity index (χ4v) is 1.70. The predicted octanol–water partition coefficient (Wildman–Crippen LogP) is 4.00. The lowest BCUT2D eigenvalue weighted by Gasteiger charge is -2.06. The average molecular weight is 287 g/mol. The third kappa shape index (κ3) is 2.85. The molecule has 0 bridgehead atoms. The SMILES string of the molecule is CC(C)NCc1ccc(-c2c(F)c(F)cc(F)c2F)o1. The van der Waals surface area contributed by atoms with Crippen LogP contribution in [0.3, 0.4) is 0 Å². The second-order valence-corrected chi connectivity index (χ2v) is 4.64. The van der Waals surface area contributed by atoms with Crippen LogP contribution in [0, 0.1) is 23.3 Å². The molecule has 0 aliphatic carbocycles. The molecule has 6 heteroatoms. The van der Waals surface area contributed by atoms with Gasteiger partial charge >= 0.3 is 0 Å².